The van der Waals surface area contributed by atoms with Gasteiger partial charge in [-0.25, -0.2) is 4.98 Å². The van der Waals surface area contributed by atoms with Crippen molar-refractivity contribution in [1.29, 1.82) is 0 Å². The lowest BCUT2D eigenvalue weighted by molar-refractivity contribution is 0.398. The van der Waals surface area contributed by atoms with Crippen molar-refractivity contribution in [1.82, 2.24) is 4.98 Å². The van der Waals surface area contributed by atoms with E-state index in [-0.39, 0.29) is 22.3 Å². The molecule has 6 nitrogen and oxygen atoms in total. The summed E-state index contributed by atoms with van der Waals surface area (Å²) in [7, 11) is -2.74. The van der Waals surface area contributed by atoms with Gasteiger partial charge >= 0.3 is 10.1 Å². The number of halogens is 1. The van der Waals surface area contributed by atoms with Crippen LogP contribution in [0, 0.1) is 0 Å². The van der Waals surface area contributed by atoms with Crippen LogP contribution in [0.2, 0.25) is 5.02 Å². The Hall–Kier alpha value is -3.03. The molecule has 8 heteroatoms. The van der Waals surface area contributed by atoms with Crippen molar-refractivity contribution in [2.45, 2.75) is 4.90 Å². The normalized spacial score (nSPS) is 11.5. The van der Waals surface area contributed by atoms with Crippen LogP contribution in [-0.2, 0) is 10.1 Å². The summed E-state index contributed by atoms with van der Waals surface area (Å²) in [5.41, 5.74) is 1.49. The average Bonchev–Trinajstić information content (AvgIpc) is 3.11. The van der Waals surface area contributed by atoms with Crippen LogP contribution in [0.5, 0.6) is 11.5 Å². The maximum absolute atomic E-state index is 12.8. The monoisotopic (exact) mass is 415 g/mol. The SMILES string of the molecule is COc1ccccc1S(=O)(=O)Oc1ccccc1-c1nc2cc(Cl)ccc2o1. The van der Waals surface area contributed by atoms with E-state index in [2.05, 4.69) is 4.98 Å². The zero-order valence-corrected chi connectivity index (χ0v) is 16.2. The quantitative estimate of drug-likeness (QED) is 0.430. The molecule has 0 fully saturated rings. The minimum Gasteiger partial charge on any atom is -0.495 e. The van der Waals surface area contributed by atoms with E-state index in [1.165, 1.54) is 19.2 Å². The first-order valence-electron chi connectivity index (χ1n) is 8.21. The van der Waals surface area contributed by atoms with Gasteiger partial charge < -0.3 is 13.3 Å². The molecule has 0 aliphatic carbocycles. The van der Waals surface area contributed by atoms with E-state index in [1.54, 1.807) is 54.6 Å². The lowest BCUT2D eigenvalue weighted by atomic mass is 10.2. The highest BCUT2D eigenvalue weighted by Gasteiger charge is 2.24. The highest BCUT2D eigenvalue weighted by atomic mass is 35.5. The predicted octanol–water partition coefficient (Wildman–Crippen LogP) is 4.92. The highest BCUT2D eigenvalue weighted by molar-refractivity contribution is 7.87. The zero-order chi connectivity index (χ0) is 19.7. The van der Waals surface area contributed by atoms with Gasteiger partial charge in [-0.15, -0.1) is 0 Å². The zero-order valence-electron chi connectivity index (χ0n) is 14.6. The second kappa shape index (κ2) is 7.18. The lowest BCUT2D eigenvalue weighted by Gasteiger charge is -2.12. The Balaban J connectivity index is 1.77. The summed E-state index contributed by atoms with van der Waals surface area (Å²) in [6, 6.07) is 17.9. The molecule has 0 atom stereocenters. The molecule has 0 saturated carbocycles. The summed E-state index contributed by atoms with van der Waals surface area (Å²) in [6.07, 6.45) is 0. The molecule has 142 valence electrons. The Morgan fingerprint density at radius 2 is 1.68 bits per heavy atom. The number of ether oxygens (including phenoxy) is 1. The first kappa shape index (κ1) is 18.3. The van der Waals surface area contributed by atoms with Crippen LogP contribution in [0.1, 0.15) is 0 Å². The minimum atomic E-state index is -4.14. The molecule has 0 N–H and O–H groups in total. The molecular formula is C20H14ClNO5S. The van der Waals surface area contributed by atoms with Crippen LogP contribution in [-0.4, -0.2) is 20.5 Å². The van der Waals surface area contributed by atoms with Gasteiger partial charge in [0.25, 0.3) is 0 Å². The van der Waals surface area contributed by atoms with E-state index < -0.39 is 10.1 Å². The van der Waals surface area contributed by atoms with Crippen molar-refractivity contribution in [2.24, 2.45) is 0 Å². The third kappa shape index (κ3) is 3.42. The minimum absolute atomic E-state index is 0.0725. The molecule has 4 aromatic rings. The fourth-order valence-electron chi connectivity index (χ4n) is 2.72. The fraction of sp³-hybridized carbons (Fsp3) is 0.0500. The summed E-state index contributed by atoms with van der Waals surface area (Å²) in [4.78, 5) is 4.32. The molecule has 0 unspecified atom stereocenters. The fourth-order valence-corrected chi connectivity index (χ4v) is 4.00. The van der Waals surface area contributed by atoms with Crippen molar-refractivity contribution < 1.29 is 21.8 Å². The number of hydrogen-bond donors (Lipinski definition) is 0. The summed E-state index contributed by atoms with van der Waals surface area (Å²) < 4.78 is 41.9. The number of oxazole rings is 1. The Kier molecular flexibility index (Phi) is 4.70. The first-order valence-corrected chi connectivity index (χ1v) is 9.99. The van der Waals surface area contributed by atoms with E-state index in [4.69, 9.17) is 24.9 Å². The Morgan fingerprint density at radius 3 is 2.46 bits per heavy atom. The number of nitrogens with zero attached hydrogens (tertiary/aromatic N) is 1. The van der Waals surface area contributed by atoms with Gasteiger partial charge in [0.1, 0.15) is 16.2 Å². The number of fused-ring (bicyclic) bond motifs is 1. The van der Waals surface area contributed by atoms with Crippen molar-refractivity contribution in [2.75, 3.05) is 7.11 Å². The van der Waals surface area contributed by atoms with Crippen LogP contribution < -0.4 is 8.92 Å². The van der Waals surface area contributed by atoms with Crippen molar-refractivity contribution in [3.63, 3.8) is 0 Å². The van der Waals surface area contributed by atoms with Crippen molar-refractivity contribution >= 4 is 32.8 Å². The maximum atomic E-state index is 12.8. The molecule has 1 heterocycles. The molecule has 0 bridgehead atoms. The Morgan fingerprint density at radius 1 is 0.964 bits per heavy atom. The van der Waals surface area contributed by atoms with Crippen LogP contribution in [0.4, 0.5) is 0 Å². The van der Waals surface area contributed by atoms with E-state index in [9.17, 15) is 8.42 Å². The summed E-state index contributed by atoms with van der Waals surface area (Å²) in [5, 5.41) is 0.524. The Labute approximate surface area is 166 Å². The van der Waals surface area contributed by atoms with E-state index in [0.717, 1.165) is 0 Å². The molecule has 3 aromatic carbocycles. The van der Waals surface area contributed by atoms with Crippen LogP contribution >= 0.6 is 11.6 Å². The average molecular weight is 416 g/mol. The smallest absolute Gasteiger partial charge is 0.342 e. The summed E-state index contributed by atoms with van der Waals surface area (Å²) in [5.74, 6) is 0.505. The van der Waals surface area contributed by atoms with Crippen molar-refractivity contribution in [3.05, 3.63) is 71.8 Å². The van der Waals surface area contributed by atoms with E-state index in [0.29, 0.717) is 21.7 Å². The molecular weight excluding hydrogens is 402 g/mol. The summed E-state index contributed by atoms with van der Waals surface area (Å²) in [6.45, 7) is 0. The van der Waals surface area contributed by atoms with Crippen LogP contribution in [0.25, 0.3) is 22.6 Å². The number of hydrogen-bond acceptors (Lipinski definition) is 6. The van der Waals surface area contributed by atoms with Gasteiger partial charge in [0, 0.05) is 5.02 Å². The molecule has 0 aliphatic heterocycles. The van der Waals surface area contributed by atoms with Gasteiger partial charge in [0.15, 0.2) is 11.3 Å². The number of rotatable bonds is 5. The predicted molar refractivity (Wildman–Crippen MR) is 105 cm³/mol. The van der Waals surface area contributed by atoms with Gasteiger partial charge in [-0.05, 0) is 42.5 Å². The molecule has 0 amide bonds. The number of methoxy groups -OCH3 is 1. The van der Waals surface area contributed by atoms with Crippen LogP contribution in [0.15, 0.2) is 76.0 Å². The third-order valence-corrected chi connectivity index (χ3v) is 5.51. The number of para-hydroxylation sites is 2. The Bertz CT molecular complexity index is 1270. The van der Waals surface area contributed by atoms with Crippen LogP contribution in [0.3, 0.4) is 0 Å². The van der Waals surface area contributed by atoms with E-state index in [1.807, 2.05) is 0 Å². The molecule has 0 spiro atoms. The molecule has 0 saturated heterocycles. The van der Waals surface area contributed by atoms with E-state index >= 15 is 0 Å². The van der Waals surface area contributed by atoms with Crippen molar-refractivity contribution in [3.8, 4) is 23.0 Å². The van der Waals surface area contributed by atoms with Gasteiger partial charge in [-0.3, -0.25) is 0 Å². The molecule has 1 aromatic heterocycles. The molecule has 4 rings (SSSR count). The lowest BCUT2D eigenvalue weighted by Crippen LogP contribution is -2.11. The second-order valence-electron chi connectivity index (χ2n) is 5.82. The second-order valence-corrected chi connectivity index (χ2v) is 7.77. The standard InChI is InChI=1S/C20H14ClNO5S/c1-25-18-8-4-5-9-19(18)28(23,24)27-16-7-3-2-6-14(16)20-22-15-12-13(21)10-11-17(15)26-20/h2-12H,1H3. The van der Waals surface area contributed by atoms with Gasteiger partial charge in [0.2, 0.25) is 5.89 Å². The number of aromatic nitrogens is 1. The van der Waals surface area contributed by atoms with Gasteiger partial charge in [-0.1, -0.05) is 35.9 Å². The van der Waals surface area contributed by atoms with Gasteiger partial charge in [-0.2, -0.15) is 8.42 Å². The summed E-state index contributed by atoms with van der Waals surface area (Å²) >= 11 is 5.99. The highest BCUT2D eigenvalue weighted by Crippen LogP contribution is 2.35. The third-order valence-electron chi connectivity index (χ3n) is 4.00. The maximum Gasteiger partial charge on any atom is 0.342 e. The molecule has 0 aliphatic rings. The molecule has 28 heavy (non-hydrogen) atoms. The largest absolute Gasteiger partial charge is 0.495 e. The molecule has 0 radical (unpaired) electrons. The van der Waals surface area contributed by atoms with Gasteiger partial charge in [0.05, 0.1) is 12.7 Å². The number of benzene rings is 3. The topological polar surface area (TPSA) is 78.6 Å². The first-order chi connectivity index (χ1) is 13.5.